The van der Waals surface area contributed by atoms with Crippen molar-refractivity contribution in [3.05, 3.63) is 14.9 Å². The molecule has 0 spiro atoms. The molecule has 1 N–H and O–H groups in total. The molecule has 2 heterocycles. The van der Waals surface area contributed by atoms with Crippen LogP contribution in [-0.2, 0) is 10.0 Å². The summed E-state index contributed by atoms with van der Waals surface area (Å²) in [6.07, 6.45) is 0. The highest BCUT2D eigenvalue weighted by atomic mass is 79.9. The summed E-state index contributed by atoms with van der Waals surface area (Å²) in [5.41, 5.74) is 0. The van der Waals surface area contributed by atoms with Crippen LogP contribution in [0.15, 0.2) is 14.1 Å². The van der Waals surface area contributed by atoms with Crippen LogP contribution in [0.1, 0.15) is 0 Å². The fourth-order valence-corrected chi connectivity index (χ4v) is 5.40. The number of nitrogens with zero attached hydrogens (tertiary/aromatic N) is 2. The zero-order chi connectivity index (χ0) is 14.8. The molecule has 9 heteroatoms. The second kappa shape index (κ2) is 7.04. The van der Waals surface area contributed by atoms with Crippen LogP contribution >= 0.6 is 38.9 Å². The fourth-order valence-electron chi connectivity index (χ4n) is 1.94. The molecular formula is C11H17BrClN3O2S2. The number of halogens is 2. The van der Waals surface area contributed by atoms with Gasteiger partial charge in [-0.05, 0) is 29.0 Å². The van der Waals surface area contributed by atoms with E-state index < -0.39 is 10.0 Å². The van der Waals surface area contributed by atoms with Gasteiger partial charge in [0.25, 0.3) is 0 Å². The van der Waals surface area contributed by atoms with Crippen molar-refractivity contribution < 1.29 is 8.42 Å². The molecule has 0 saturated carbocycles. The van der Waals surface area contributed by atoms with Crippen LogP contribution < -0.4 is 4.72 Å². The van der Waals surface area contributed by atoms with Crippen LogP contribution in [0.4, 0.5) is 0 Å². The smallest absolute Gasteiger partial charge is 0.250 e. The van der Waals surface area contributed by atoms with Gasteiger partial charge in [0.05, 0.1) is 8.81 Å². The van der Waals surface area contributed by atoms with Crippen molar-refractivity contribution in [2.45, 2.75) is 4.21 Å². The van der Waals surface area contributed by atoms with Crippen LogP contribution in [0, 0.1) is 0 Å². The number of nitrogens with one attached hydrogen (secondary N) is 1. The first-order valence-electron chi connectivity index (χ1n) is 6.24. The Kier molecular flexibility index (Phi) is 5.87. The molecule has 2 rings (SSSR count). The van der Waals surface area contributed by atoms with E-state index in [-0.39, 0.29) is 4.21 Å². The van der Waals surface area contributed by atoms with Gasteiger partial charge in [0.15, 0.2) is 0 Å². The Bertz CT molecular complexity index is 537. The van der Waals surface area contributed by atoms with Gasteiger partial charge in [0.2, 0.25) is 10.0 Å². The zero-order valence-electron chi connectivity index (χ0n) is 11.1. The van der Waals surface area contributed by atoms with E-state index in [9.17, 15) is 8.42 Å². The third-order valence-corrected chi connectivity index (χ3v) is 7.61. The lowest BCUT2D eigenvalue weighted by atomic mass is 10.3. The minimum absolute atomic E-state index is 0.243. The van der Waals surface area contributed by atoms with Gasteiger partial charge >= 0.3 is 0 Å². The maximum Gasteiger partial charge on any atom is 0.250 e. The van der Waals surface area contributed by atoms with Gasteiger partial charge in [0, 0.05) is 39.3 Å². The third kappa shape index (κ3) is 4.40. The van der Waals surface area contributed by atoms with Crippen molar-refractivity contribution >= 4 is 48.9 Å². The van der Waals surface area contributed by atoms with Crippen LogP contribution in [0.25, 0.3) is 0 Å². The summed E-state index contributed by atoms with van der Waals surface area (Å²) in [5, 5.41) is 0.425. The molecule has 0 bridgehead atoms. The molecule has 1 aromatic heterocycles. The predicted molar refractivity (Wildman–Crippen MR) is 86.2 cm³/mol. The molecule has 0 atom stereocenters. The molecule has 0 unspecified atom stereocenters. The molecule has 1 aromatic rings. The van der Waals surface area contributed by atoms with Crippen molar-refractivity contribution in [2.24, 2.45) is 0 Å². The number of piperazine rings is 1. The standard InChI is InChI=1S/C11H17BrClN3O2S2/c1-15-4-6-16(7-5-15)3-2-14-20(17,18)10-8-9(13)11(12)19-10/h8,14H,2-7H2,1H3. The lowest BCUT2D eigenvalue weighted by Crippen LogP contribution is -2.46. The van der Waals surface area contributed by atoms with Gasteiger partial charge < -0.3 is 4.90 Å². The molecule has 20 heavy (non-hydrogen) atoms. The van der Waals surface area contributed by atoms with Crippen LogP contribution in [0.3, 0.4) is 0 Å². The summed E-state index contributed by atoms with van der Waals surface area (Å²) in [4.78, 5) is 4.53. The number of hydrogen-bond acceptors (Lipinski definition) is 5. The van der Waals surface area contributed by atoms with Crippen molar-refractivity contribution in [3.8, 4) is 0 Å². The van der Waals surface area contributed by atoms with Crippen LogP contribution in [0.2, 0.25) is 5.02 Å². The Morgan fingerprint density at radius 2 is 2.05 bits per heavy atom. The van der Waals surface area contributed by atoms with E-state index in [1.165, 1.54) is 6.07 Å². The normalized spacial score (nSPS) is 18.6. The lowest BCUT2D eigenvalue weighted by molar-refractivity contribution is 0.156. The Labute approximate surface area is 137 Å². The van der Waals surface area contributed by atoms with Gasteiger partial charge in [-0.1, -0.05) is 11.6 Å². The number of likely N-dealkylation sites (N-methyl/N-ethyl adjacent to an activating group) is 1. The first kappa shape index (κ1) is 16.7. The first-order valence-corrected chi connectivity index (χ1v) is 9.71. The molecule has 0 aliphatic carbocycles. The summed E-state index contributed by atoms with van der Waals surface area (Å²) < 4.78 is 27.7. The Morgan fingerprint density at radius 3 is 2.60 bits per heavy atom. The maximum absolute atomic E-state index is 12.1. The Balaban J connectivity index is 1.84. The number of rotatable bonds is 5. The van der Waals surface area contributed by atoms with E-state index >= 15 is 0 Å². The molecule has 0 aromatic carbocycles. The molecular weight excluding hydrogens is 386 g/mol. The highest BCUT2D eigenvalue weighted by Crippen LogP contribution is 2.34. The molecule has 0 radical (unpaired) electrons. The molecule has 1 aliphatic heterocycles. The first-order chi connectivity index (χ1) is 9.38. The fraction of sp³-hybridized carbons (Fsp3) is 0.636. The van der Waals surface area contributed by atoms with Crippen LogP contribution in [-0.4, -0.2) is 64.5 Å². The number of hydrogen-bond donors (Lipinski definition) is 1. The summed E-state index contributed by atoms with van der Waals surface area (Å²) in [6, 6.07) is 1.47. The Hall–Kier alpha value is 0.300. The SMILES string of the molecule is CN1CCN(CCNS(=O)(=O)c2cc(Cl)c(Br)s2)CC1. The molecule has 114 valence electrons. The quantitative estimate of drug-likeness (QED) is 0.814. The van der Waals surface area contributed by atoms with Crippen molar-refractivity contribution in [3.63, 3.8) is 0 Å². The monoisotopic (exact) mass is 401 g/mol. The highest BCUT2D eigenvalue weighted by Gasteiger charge is 2.19. The average molecular weight is 403 g/mol. The van der Waals surface area contributed by atoms with Gasteiger partial charge in [0.1, 0.15) is 4.21 Å². The van der Waals surface area contributed by atoms with Crippen molar-refractivity contribution in [1.82, 2.24) is 14.5 Å². The van der Waals surface area contributed by atoms with E-state index in [0.717, 1.165) is 44.1 Å². The van der Waals surface area contributed by atoms with E-state index in [1.807, 2.05) is 0 Å². The zero-order valence-corrected chi connectivity index (χ0v) is 15.1. The average Bonchev–Trinajstić information content (AvgIpc) is 2.73. The minimum Gasteiger partial charge on any atom is -0.304 e. The maximum atomic E-state index is 12.1. The largest absolute Gasteiger partial charge is 0.304 e. The van der Waals surface area contributed by atoms with Crippen LogP contribution in [0.5, 0.6) is 0 Å². The van der Waals surface area contributed by atoms with E-state index in [1.54, 1.807) is 0 Å². The number of thiophene rings is 1. The van der Waals surface area contributed by atoms with Crippen molar-refractivity contribution in [1.29, 1.82) is 0 Å². The van der Waals surface area contributed by atoms with E-state index in [2.05, 4.69) is 37.5 Å². The molecule has 1 saturated heterocycles. The molecule has 0 amide bonds. The second-order valence-corrected chi connectivity index (χ2v) is 9.50. The minimum atomic E-state index is -3.46. The predicted octanol–water partition coefficient (Wildman–Crippen LogP) is 1.69. The van der Waals surface area contributed by atoms with Gasteiger partial charge in [-0.2, -0.15) is 0 Å². The summed E-state index contributed by atoms with van der Waals surface area (Å²) in [5.74, 6) is 0. The van der Waals surface area contributed by atoms with Gasteiger partial charge in [-0.15, -0.1) is 11.3 Å². The third-order valence-electron chi connectivity index (χ3n) is 3.20. The summed E-state index contributed by atoms with van der Waals surface area (Å²) in [6.45, 7) is 5.16. The number of sulfonamides is 1. The lowest BCUT2D eigenvalue weighted by Gasteiger charge is -2.32. The summed E-state index contributed by atoms with van der Waals surface area (Å²) in [7, 11) is -1.36. The Morgan fingerprint density at radius 1 is 1.40 bits per heavy atom. The van der Waals surface area contributed by atoms with Gasteiger partial charge in [-0.3, -0.25) is 4.90 Å². The van der Waals surface area contributed by atoms with E-state index in [4.69, 9.17) is 11.6 Å². The summed E-state index contributed by atoms with van der Waals surface area (Å²) >= 11 is 10.2. The van der Waals surface area contributed by atoms with Crippen molar-refractivity contribution in [2.75, 3.05) is 46.3 Å². The second-order valence-electron chi connectivity index (χ2n) is 4.73. The molecule has 1 fully saturated rings. The molecule has 5 nitrogen and oxygen atoms in total. The van der Waals surface area contributed by atoms with Gasteiger partial charge in [-0.25, -0.2) is 13.1 Å². The highest BCUT2D eigenvalue weighted by molar-refractivity contribution is 9.11. The topological polar surface area (TPSA) is 52.6 Å². The molecule has 1 aliphatic rings. The van der Waals surface area contributed by atoms with E-state index in [0.29, 0.717) is 15.4 Å².